The summed E-state index contributed by atoms with van der Waals surface area (Å²) in [5, 5.41) is 13.2. The molecule has 1 amide bonds. The molecule has 0 aliphatic carbocycles. The third-order valence-electron chi connectivity index (χ3n) is 2.36. The second-order valence-corrected chi connectivity index (χ2v) is 4.60. The fourth-order valence-electron chi connectivity index (χ4n) is 1.44. The van der Waals surface area contributed by atoms with E-state index in [1.165, 1.54) is 23.5 Å². The number of carbonyl (C=O) groups excluding carboxylic acids is 1. The molecular formula is C12H11NO4S. The summed E-state index contributed by atoms with van der Waals surface area (Å²) in [7, 11) is 0. The maximum Gasteiger partial charge on any atom is 0.371 e. The first-order valence-electron chi connectivity index (χ1n) is 5.22. The molecule has 2 aromatic heterocycles. The average Bonchev–Trinajstić information content (AvgIpc) is 2.94. The molecule has 94 valence electrons. The van der Waals surface area contributed by atoms with E-state index in [1.807, 2.05) is 18.4 Å². The molecule has 0 aromatic carbocycles. The molecule has 0 unspecified atom stereocenters. The van der Waals surface area contributed by atoms with Gasteiger partial charge in [-0.2, -0.15) is 0 Å². The van der Waals surface area contributed by atoms with E-state index in [0.717, 1.165) is 5.56 Å². The van der Waals surface area contributed by atoms with Gasteiger partial charge in [-0.25, -0.2) is 4.79 Å². The minimum absolute atomic E-state index is 0.133. The van der Waals surface area contributed by atoms with Crippen molar-refractivity contribution in [2.75, 3.05) is 0 Å². The quantitative estimate of drug-likeness (QED) is 0.888. The Balaban J connectivity index is 1.97. The number of thiophene rings is 1. The lowest BCUT2D eigenvalue weighted by atomic mass is 10.3. The topological polar surface area (TPSA) is 79.5 Å². The number of hydrogen-bond donors (Lipinski definition) is 2. The van der Waals surface area contributed by atoms with Gasteiger partial charge in [0.25, 0.3) is 5.91 Å². The number of amides is 1. The summed E-state index contributed by atoms with van der Waals surface area (Å²) in [4.78, 5) is 23.0. The van der Waals surface area contributed by atoms with Crippen molar-refractivity contribution in [2.45, 2.75) is 13.5 Å². The van der Waals surface area contributed by atoms with Crippen molar-refractivity contribution in [3.63, 3.8) is 0 Å². The fraction of sp³-hybridized carbons (Fsp3) is 0.167. The molecule has 6 heteroatoms. The number of furan rings is 1. The first kappa shape index (κ1) is 12.4. The molecule has 0 aliphatic heterocycles. The maximum atomic E-state index is 11.8. The van der Waals surface area contributed by atoms with Crippen LogP contribution in [0, 0.1) is 6.92 Å². The van der Waals surface area contributed by atoms with E-state index in [1.54, 1.807) is 0 Å². The van der Waals surface area contributed by atoms with Gasteiger partial charge in [0.15, 0.2) is 0 Å². The SMILES string of the molecule is Cc1ccsc1C(=O)NCc1ccc(C(=O)O)o1. The molecule has 2 rings (SSSR count). The van der Waals surface area contributed by atoms with Gasteiger partial charge in [0, 0.05) is 0 Å². The number of carbonyl (C=O) groups is 2. The Bertz CT molecular complexity index is 584. The van der Waals surface area contributed by atoms with Crippen molar-refractivity contribution in [3.05, 3.63) is 45.5 Å². The highest BCUT2D eigenvalue weighted by Crippen LogP contribution is 2.15. The van der Waals surface area contributed by atoms with Gasteiger partial charge >= 0.3 is 5.97 Å². The highest BCUT2D eigenvalue weighted by atomic mass is 32.1. The van der Waals surface area contributed by atoms with Gasteiger partial charge in [-0.3, -0.25) is 4.79 Å². The number of rotatable bonds is 4. The number of aromatic carboxylic acids is 1. The van der Waals surface area contributed by atoms with Crippen molar-refractivity contribution in [3.8, 4) is 0 Å². The Hall–Kier alpha value is -2.08. The third kappa shape index (κ3) is 2.60. The minimum Gasteiger partial charge on any atom is -0.475 e. The molecule has 0 atom stereocenters. The van der Waals surface area contributed by atoms with E-state index in [4.69, 9.17) is 9.52 Å². The molecule has 0 aliphatic rings. The van der Waals surface area contributed by atoms with Gasteiger partial charge in [-0.1, -0.05) is 0 Å². The van der Waals surface area contributed by atoms with Crippen LogP contribution in [0.1, 0.15) is 31.6 Å². The van der Waals surface area contributed by atoms with Gasteiger partial charge in [-0.15, -0.1) is 11.3 Å². The highest BCUT2D eigenvalue weighted by Gasteiger charge is 2.12. The zero-order valence-electron chi connectivity index (χ0n) is 9.60. The standard InChI is InChI=1S/C12H11NO4S/c1-7-4-5-18-10(7)11(14)13-6-8-2-3-9(17-8)12(15)16/h2-5H,6H2,1H3,(H,13,14)(H,15,16). The van der Waals surface area contributed by atoms with E-state index in [0.29, 0.717) is 10.6 Å². The first-order valence-corrected chi connectivity index (χ1v) is 6.10. The number of carboxylic acid groups (broad SMARTS) is 1. The Morgan fingerprint density at radius 2 is 2.17 bits per heavy atom. The van der Waals surface area contributed by atoms with Gasteiger partial charge in [-0.05, 0) is 36.1 Å². The summed E-state index contributed by atoms with van der Waals surface area (Å²) in [5.74, 6) is -1.03. The molecule has 0 bridgehead atoms. The molecule has 0 spiro atoms. The van der Waals surface area contributed by atoms with Gasteiger partial charge in [0.05, 0.1) is 11.4 Å². The summed E-state index contributed by atoms with van der Waals surface area (Å²) in [6.45, 7) is 2.03. The van der Waals surface area contributed by atoms with Crippen LogP contribution in [0.25, 0.3) is 0 Å². The van der Waals surface area contributed by atoms with Crippen LogP contribution in [0.15, 0.2) is 28.0 Å². The van der Waals surface area contributed by atoms with E-state index in [-0.39, 0.29) is 18.2 Å². The average molecular weight is 265 g/mol. The Morgan fingerprint density at radius 3 is 2.72 bits per heavy atom. The monoisotopic (exact) mass is 265 g/mol. The van der Waals surface area contributed by atoms with Gasteiger partial charge in [0.2, 0.25) is 5.76 Å². The summed E-state index contributed by atoms with van der Waals surface area (Å²) < 4.78 is 5.03. The lowest BCUT2D eigenvalue weighted by Gasteiger charge is -2.01. The fourth-order valence-corrected chi connectivity index (χ4v) is 2.28. The molecule has 2 heterocycles. The molecular weight excluding hydrogens is 254 g/mol. The maximum absolute atomic E-state index is 11.8. The second kappa shape index (κ2) is 5.05. The largest absolute Gasteiger partial charge is 0.475 e. The molecule has 0 fully saturated rings. The van der Waals surface area contributed by atoms with Gasteiger partial charge < -0.3 is 14.8 Å². The molecule has 18 heavy (non-hydrogen) atoms. The van der Waals surface area contributed by atoms with E-state index < -0.39 is 5.97 Å². The van der Waals surface area contributed by atoms with Crippen molar-refractivity contribution in [2.24, 2.45) is 0 Å². The van der Waals surface area contributed by atoms with Crippen molar-refractivity contribution >= 4 is 23.2 Å². The Morgan fingerprint density at radius 1 is 1.39 bits per heavy atom. The zero-order valence-corrected chi connectivity index (χ0v) is 10.4. The normalized spacial score (nSPS) is 10.3. The Labute approximate surface area is 107 Å². The van der Waals surface area contributed by atoms with E-state index in [9.17, 15) is 9.59 Å². The van der Waals surface area contributed by atoms with E-state index >= 15 is 0 Å². The summed E-state index contributed by atoms with van der Waals surface area (Å²) in [6, 6.07) is 4.76. The molecule has 2 N–H and O–H groups in total. The lowest BCUT2D eigenvalue weighted by molar-refractivity contribution is 0.0660. The van der Waals surface area contributed by atoms with Crippen LogP contribution >= 0.6 is 11.3 Å². The number of aryl methyl sites for hydroxylation is 1. The van der Waals surface area contributed by atoms with Crippen LogP contribution in [-0.2, 0) is 6.54 Å². The molecule has 0 saturated heterocycles. The summed E-state index contributed by atoms with van der Waals surface area (Å²) in [5.41, 5.74) is 0.920. The first-order chi connectivity index (χ1) is 8.58. The smallest absolute Gasteiger partial charge is 0.371 e. The second-order valence-electron chi connectivity index (χ2n) is 3.69. The highest BCUT2D eigenvalue weighted by molar-refractivity contribution is 7.12. The van der Waals surface area contributed by atoms with Crippen LogP contribution in [-0.4, -0.2) is 17.0 Å². The Kier molecular flexibility index (Phi) is 3.47. The summed E-state index contributed by atoms with van der Waals surface area (Å²) >= 11 is 1.37. The molecule has 2 aromatic rings. The minimum atomic E-state index is -1.12. The molecule has 5 nitrogen and oxygen atoms in total. The summed E-state index contributed by atoms with van der Waals surface area (Å²) in [6.07, 6.45) is 0. The molecule has 0 saturated carbocycles. The van der Waals surface area contributed by atoms with Crippen LogP contribution in [0.3, 0.4) is 0 Å². The third-order valence-corrected chi connectivity index (χ3v) is 3.38. The van der Waals surface area contributed by atoms with Crippen LogP contribution in [0.4, 0.5) is 0 Å². The van der Waals surface area contributed by atoms with Gasteiger partial charge in [0.1, 0.15) is 5.76 Å². The van der Waals surface area contributed by atoms with Crippen LogP contribution < -0.4 is 5.32 Å². The molecule has 0 radical (unpaired) electrons. The number of nitrogens with one attached hydrogen (secondary N) is 1. The van der Waals surface area contributed by atoms with Crippen molar-refractivity contribution in [1.82, 2.24) is 5.32 Å². The zero-order chi connectivity index (χ0) is 13.1. The van der Waals surface area contributed by atoms with E-state index in [2.05, 4.69) is 5.32 Å². The number of carboxylic acids is 1. The van der Waals surface area contributed by atoms with Crippen LogP contribution in [0.2, 0.25) is 0 Å². The van der Waals surface area contributed by atoms with Crippen molar-refractivity contribution < 1.29 is 19.1 Å². The predicted octanol–water partition coefficient (Wildman–Crippen LogP) is 2.28. The lowest BCUT2D eigenvalue weighted by Crippen LogP contribution is -2.22. The van der Waals surface area contributed by atoms with Crippen LogP contribution in [0.5, 0.6) is 0 Å². The predicted molar refractivity (Wildman–Crippen MR) is 65.9 cm³/mol. The number of hydrogen-bond acceptors (Lipinski definition) is 4. The van der Waals surface area contributed by atoms with Crippen molar-refractivity contribution in [1.29, 1.82) is 0 Å².